The summed E-state index contributed by atoms with van der Waals surface area (Å²) in [4.78, 5) is 0. The fourth-order valence-corrected chi connectivity index (χ4v) is 2.49. The number of methoxy groups -OCH3 is 1. The molecule has 0 bridgehead atoms. The molecule has 21 heavy (non-hydrogen) atoms. The molecule has 0 radical (unpaired) electrons. The van der Waals surface area contributed by atoms with Crippen LogP contribution in [0.5, 0.6) is 5.75 Å². The van der Waals surface area contributed by atoms with Crippen LogP contribution in [0.2, 0.25) is 0 Å². The summed E-state index contributed by atoms with van der Waals surface area (Å²) in [7, 11) is 1.71. The number of hydrogen-bond acceptors (Lipinski definition) is 2. The monoisotopic (exact) mass is 280 g/mol. The zero-order valence-corrected chi connectivity index (χ0v) is 12.3. The summed E-state index contributed by atoms with van der Waals surface area (Å²) < 4.78 is 10.5. The van der Waals surface area contributed by atoms with Gasteiger partial charge in [0.05, 0.1) is 7.11 Å². The highest BCUT2D eigenvalue weighted by atomic mass is 16.6. The normalized spacial score (nSPS) is 14.8. The Bertz CT molecular complexity index is 638. The molecule has 0 aromatic heterocycles. The van der Waals surface area contributed by atoms with E-state index in [0.29, 0.717) is 0 Å². The molecule has 0 atom stereocenters. The molecule has 3 rings (SSSR count). The quantitative estimate of drug-likeness (QED) is 0.748. The van der Waals surface area contributed by atoms with Gasteiger partial charge in [0.2, 0.25) is 0 Å². The van der Waals surface area contributed by atoms with Crippen LogP contribution in [0.3, 0.4) is 0 Å². The third kappa shape index (κ3) is 3.88. The van der Waals surface area contributed by atoms with Crippen molar-refractivity contribution in [3.63, 3.8) is 0 Å². The molecular weight excluding hydrogens is 260 g/mol. The molecule has 0 spiro atoms. The molecule has 0 N–H and O–H groups in total. The minimum atomic E-state index is 0.811. The lowest BCUT2D eigenvalue weighted by Gasteiger charge is -2.08. The van der Waals surface area contributed by atoms with Crippen molar-refractivity contribution >= 4 is 0 Å². The van der Waals surface area contributed by atoms with Gasteiger partial charge in [0.15, 0.2) is 0 Å². The van der Waals surface area contributed by atoms with Crippen LogP contribution < -0.4 is 4.74 Å². The molecule has 0 aliphatic carbocycles. The second kappa shape index (κ2) is 6.49. The Morgan fingerprint density at radius 1 is 1.05 bits per heavy atom. The molecule has 2 heteroatoms. The summed E-state index contributed by atoms with van der Waals surface area (Å²) in [5.74, 6) is 2.05. The van der Waals surface area contributed by atoms with E-state index in [4.69, 9.17) is 9.47 Å². The zero-order valence-electron chi connectivity index (χ0n) is 12.3. The molecule has 2 nitrogen and oxygen atoms in total. The van der Waals surface area contributed by atoms with Crippen molar-refractivity contribution in [1.29, 1.82) is 0 Å². The van der Waals surface area contributed by atoms with E-state index in [-0.39, 0.29) is 0 Å². The highest BCUT2D eigenvalue weighted by Gasteiger charge is 2.12. The number of allylic oxidation sites excluding steroid dienone is 1. The summed E-state index contributed by atoms with van der Waals surface area (Å²) >= 11 is 0. The first-order valence-electron chi connectivity index (χ1n) is 7.37. The summed E-state index contributed by atoms with van der Waals surface area (Å²) in [6.07, 6.45) is 5.22. The van der Waals surface area contributed by atoms with Crippen LogP contribution in [0.4, 0.5) is 0 Å². The third-order valence-electron chi connectivity index (χ3n) is 3.80. The van der Waals surface area contributed by atoms with Crippen molar-refractivity contribution in [2.75, 3.05) is 13.7 Å². The van der Waals surface area contributed by atoms with E-state index in [1.165, 1.54) is 16.7 Å². The Labute approximate surface area is 126 Å². The highest BCUT2D eigenvalue weighted by Crippen LogP contribution is 2.19. The summed E-state index contributed by atoms with van der Waals surface area (Å²) in [5.41, 5.74) is 4.12. The van der Waals surface area contributed by atoms with Gasteiger partial charge in [-0.3, -0.25) is 0 Å². The molecule has 0 unspecified atom stereocenters. The van der Waals surface area contributed by atoms with Crippen LogP contribution in [-0.4, -0.2) is 13.7 Å². The maximum atomic E-state index is 5.28. The van der Waals surface area contributed by atoms with E-state index in [2.05, 4.69) is 48.5 Å². The molecule has 2 aromatic rings. The molecule has 0 amide bonds. The van der Waals surface area contributed by atoms with Crippen LogP contribution in [0, 0.1) is 0 Å². The molecule has 1 heterocycles. The number of benzene rings is 2. The van der Waals surface area contributed by atoms with E-state index in [1.807, 2.05) is 6.07 Å². The molecule has 0 saturated carbocycles. The van der Waals surface area contributed by atoms with E-state index < -0.39 is 0 Å². The van der Waals surface area contributed by atoms with Gasteiger partial charge in [-0.1, -0.05) is 36.4 Å². The van der Waals surface area contributed by atoms with Gasteiger partial charge in [0.1, 0.15) is 18.1 Å². The van der Waals surface area contributed by atoms with E-state index in [0.717, 1.165) is 37.4 Å². The fraction of sp³-hybridized carbons (Fsp3) is 0.263. The minimum absolute atomic E-state index is 0.811. The van der Waals surface area contributed by atoms with Crippen LogP contribution in [-0.2, 0) is 24.0 Å². The minimum Gasteiger partial charge on any atom is -0.497 e. The largest absolute Gasteiger partial charge is 0.497 e. The number of ether oxygens (including phenoxy) is 2. The van der Waals surface area contributed by atoms with Gasteiger partial charge < -0.3 is 9.47 Å². The maximum Gasteiger partial charge on any atom is 0.145 e. The second-order valence-corrected chi connectivity index (χ2v) is 5.28. The SMILES string of the molecule is COc1cccc(CCc2ccccc2CC=C2CO2)c1. The van der Waals surface area contributed by atoms with E-state index >= 15 is 0 Å². The van der Waals surface area contributed by atoms with Crippen LogP contribution >= 0.6 is 0 Å². The maximum absolute atomic E-state index is 5.28. The lowest BCUT2D eigenvalue weighted by molar-refractivity contribution is 0.414. The van der Waals surface area contributed by atoms with Gasteiger partial charge in [-0.2, -0.15) is 0 Å². The number of hydrogen-bond donors (Lipinski definition) is 0. The van der Waals surface area contributed by atoms with Crippen molar-refractivity contribution in [3.05, 3.63) is 77.1 Å². The molecule has 1 aliphatic rings. The number of epoxide rings is 1. The van der Waals surface area contributed by atoms with Gasteiger partial charge in [-0.25, -0.2) is 0 Å². The first-order chi connectivity index (χ1) is 10.3. The number of aryl methyl sites for hydroxylation is 2. The van der Waals surface area contributed by atoms with Crippen molar-refractivity contribution in [2.24, 2.45) is 0 Å². The van der Waals surface area contributed by atoms with Gasteiger partial charge in [0.25, 0.3) is 0 Å². The van der Waals surface area contributed by atoms with Crippen molar-refractivity contribution < 1.29 is 9.47 Å². The zero-order chi connectivity index (χ0) is 14.5. The van der Waals surface area contributed by atoms with Crippen molar-refractivity contribution in [2.45, 2.75) is 19.3 Å². The summed E-state index contributed by atoms with van der Waals surface area (Å²) in [6.45, 7) is 0.811. The van der Waals surface area contributed by atoms with Gasteiger partial charge in [-0.15, -0.1) is 0 Å². The fourth-order valence-electron chi connectivity index (χ4n) is 2.49. The van der Waals surface area contributed by atoms with E-state index in [1.54, 1.807) is 7.11 Å². The Balaban J connectivity index is 1.67. The van der Waals surface area contributed by atoms with Crippen LogP contribution in [0.1, 0.15) is 16.7 Å². The predicted octanol–water partition coefficient (Wildman–Crippen LogP) is 3.94. The lowest BCUT2D eigenvalue weighted by Crippen LogP contribution is -1.97. The first kappa shape index (κ1) is 13.7. The Morgan fingerprint density at radius 3 is 2.62 bits per heavy atom. The second-order valence-electron chi connectivity index (χ2n) is 5.28. The van der Waals surface area contributed by atoms with Gasteiger partial charge >= 0.3 is 0 Å². The first-order valence-corrected chi connectivity index (χ1v) is 7.37. The Hall–Kier alpha value is -2.22. The lowest BCUT2D eigenvalue weighted by atomic mass is 9.98. The van der Waals surface area contributed by atoms with Crippen molar-refractivity contribution in [3.8, 4) is 5.75 Å². The van der Waals surface area contributed by atoms with E-state index in [9.17, 15) is 0 Å². The molecule has 1 saturated heterocycles. The Morgan fingerprint density at radius 2 is 1.86 bits per heavy atom. The smallest absolute Gasteiger partial charge is 0.145 e. The highest BCUT2D eigenvalue weighted by molar-refractivity contribution is 5.33. The van der Waals surface area contributed by atoms with Crippen LogP contribution in [0.15, 0.2) is 60.4 Å². The standard InChI is InChI=1S/C19H20O2/c1-20-18-8-4-5-15(13-18)9-10-16-6-2-3-7-17(16)11-12-19-14-21-19/h2-8,12-13H,9-11,14H2,1H3. The average molecular weight is 280 g/mol. The summed E-state index contributed by atoms with van der Waals surface area (Å²) in [6, 6.07) is 17.0. The third-order valence-corrected chi connectivity index (χ3v) is 3.80. The number of rotatable bonds is 6. The molecule has 108 valence electrons. The van der Waals surface area contributed by atoms with Gasteiger partial charge in [-0.05, 0) is 54.2 Å². The Kier molecular flexibility index (Phi) is 4.25. The average Bonchev–Trinajstić information content (AvgIpc) is 3.36. The molecule has 1 aliphatic heterocycles. The molecular formula is C19H20O2. The van der Waals surface area contributed by atoms with Gasteiger partial charge in [0, 0.05) is 0 Å². The molecule has 1 fully saturated rings. The van der Waals surface area contributed by atoms with Crippen LogP contribution in [0.25, 0.3) is 0 Å². The summed E-state index contributed by atoms with van der Waals surface area (Å²) in [5, 5.41) is 0. The predicted molar refractivity (Wildman–Crippen MR) is 84.6 cm³/mol. The topological polar surface area (TPSA) is 21.8 Å². The van der Waals surface area contributed by atoms with Crippen molar-refractivity contribution in [1.82, 2.24) is 0 Å². The molecule has 2 aromatic carbocycles.